The van der Waals surface area contributed by atoms with Crippen molar-refractivity contribution < 1.29 is 18.7 Å². The number of para-hydroxylation sites is 1. The second kappa shape index (κ2) is 7.49. The third-order valence-electron chi connectivity index (χ3n) is 2.15. The highest BCUT2D eigenvalue weighted by molar-refractivity contribution is 7.53. The normalized spacial score (nSPS) is 14.2. The fraction of sp³-hybridized carbons (Fsp3) is 0.500. The Morgan fingerprint density at radius 1 is 1.24 bits per heavy atom. The minimum Gasteiger partial charge on any atom is -0.424 e. The second-order valence-corrected chi connectivity index (χ2v) is 5.64. The van der Waals surface area contributed by atoms with Crippen LogP contribution in [-0.4, -0.2) is 24.3 Å². The van der Waals surface area contributed by atoms with Gasteiger partial charge in [0.1, 0.15) is 5.75 Å². The molecule has 0 saturated heterocycles. The predicted octanol–water partition coefficient (Wildman–Crippen LogP) is 3.07. The van der Waals surface area contributed by atoms with Crippen molar-refractivity contribution in [1.82, 2.24) is 0 Å². The zero-order valence-electron chi connectivity index (χ0n) is 10.0. The van der Waals surface area contributed by atoms with Gasteiger partial charge in [-0.05, 0) is 18.6 Å². The number of benzene rings is 1. The van der Waals surface area contributed by atoms with Crippen LogP contribution in [0.5, 0.6) is 5.75 Å². The molecule has 1 unspecified atom stereocenters. The fourth-order valence-electron chi connectivity index (χ4n) is 1.22. The lowest BCUT2D eigenvalue weighted by atomic mass is 10.3. The average molecular weight is 258 g/mol. The maximum absolute atomic E-state index is 11.7. The number of hydrogen-bond donors (Lipinski definition) is 1. The highest BCUT2D eigenvalue weighted by atomic mass is 31.2. The van der Waals surface area contributed by atoms with Crippen LogP contribution in [0.15, 0.2) is 30.3 Å². The van der Waals surface area contributed by atoms with Gasteiger partial charge in [0, 0.05) is 6.61 Å². The van der Waals surface area contributed by atoms with Crippen molar-refractivity contribution in [2.24, 2.45) is 0 Å². The van der Waals surface area contributed by atoms with Crippen molar-refractivity contribution in [2.45, 2.75) is 19.8 Å². The summed E-state index contributed by atoms with van der Waals surface area (Å²) in [6, 6.07) is 8.64. The van der Waals surface area contributed by atoms with Crippen molar-refractivity contribution in [1.29, 1.82) is 0 Å². The molecule has 1 aromatic rings. The lowest BCUT2D eigenvalue weighted by Crippen LogP contribution is -2.05. The van der Waals surface area contributed by atoms with E-state index in [4.69, 9.17) is 9.26 Å². The average Bonchev–Trinajstić information content (AvgIpc) is 2.29. The van der Waals surface area contributed by atoms with E-state index in [-0.39, 0.29) is 12.8 Å². The predicted molar refractivity (Wildman–Crippen MR) is 67.5 cm³/mol. The van der Waals surface area contributed by atoms with E-state index in [1.807, 2.05) is 6.07 Å². The quantitative estimate of drug-likeness (QED) is 0.575. The van der Waals surface area contributed by atoms with Crippen LogP contribution in [0.4, 0.5) is 0 Å². The standard InChI is InChI=1S/C12H19O4P/c1-2-3-9-15-10-11-17(13,14)16-12-7-5-4-6-8-12/h4-8H,2-3,9-11H2,1H3,(H,13,14). The van der Waals surface area contributed by atoms with E-state index in [9.17, 15) is 9.46 Å². The molecular weight excluding hydrogens is 239 g/mol. The molecule has 1 N–H and O–H groups in total. The van der Waals surface area contributed by atoms with Gasteiger partial charge in [-0.2, -0.15) is 0 Å². The van der Waals surface area contributed by atoms with E-state index in [0.717, 1.165) is 12.8 Å². The maximum atomic E-state index is 11.7. The van der Waals surface area contributed by atoms with Gasteiger partial charge in [-0.3, -0.25) is 0 Å². The zero-order chi connectivity index (χ0) is 12.6. The number of hydrogen-bond acceptors (Lipinski definition) is 3. The van der Waals surface area contributed by atoms with Crippen molar-refractivity contribution in [3.63, 3.8) is 0 Å². The van der Waals surface area contributed by atoms with Crippen molar-refractivity contribution in [2.75, 3.05) is 19.4 Å². The molecule has 0 spiro atoms. The third kappa shape index (κ3) is 6.47. The van der Waals surface area contributed by atoms with Gasteiger partial charge in [-0.15, -0.1) is 0 Å². The first-order valence-electron chi connectivity index (χ1n) is 5.78. The molecule has 1 rings (SSSR count). The van der Waals surface area contributed by atoms with Crippen LogP contribution >= 0.6 is 7.60 Å². The molecule has 0 fully saturated rings. The molecule has 0 aliphatic heterocycles. The number of unbranched alkanes of at least 4 members (excludes halogenated alkanes) is 1. The zero-order valence-corrected chi connectivity index (χ0v) is 10.9. The van der Waals surface area contributed by atoms with E-state index in [0.29, 0.717) is 12.4 Å². The molecule has 0 saturated carbocycles. The second-order valence-electron chi connectivity index (χ2n) is 3.73. The van der Waals surface area contributed by atoms with Crippen LogP contribution in [0.1, 0.15) is 19.8 Å². The molecule has 0 aliphatic rings. The summed E-state index contributed by atoms with van der Waals surface area (Å²) in [5.41, 5.74) is 0. The Morgan fingerprint density at radius 3 is 2.59 bits per heavy atom. The van der Waals surface area contributed by atoms with Crippen LogP contribution < -0.4 is 4.52 Å². The maximum Gasteiger partial charge on any atom is 0.378 e. The Kier molecular flexibility index (Phi) is 6.27. The highest BCUT2D eigenvalue weighted by Crippen LogP contribution is 2.41. The largest absolute Gasteiger partial charge is 0.424 e. The monoisotopic (exact) mass is 258 g/mol. The molecule has 4 nitrogen and oxygen atoms in total. The molecule has 0 aliphatic carbocycles. The fourth-order valence-corrected chi connectivity index (χ4v) is 2.12. The Balaban J connectivity index is 2.29. The lowest BCUT2D eigenvalue weighted by Gasteiger charge is -2.13. The lowest BCUT2D eigenvalue weighted by molar-refractivity contribution is 0.142. The van der Waals surface area contributed by atoms with Crippen LogP contribution in [0, 0.1) is 0 Å². The van der Waals surface area contributed by atoms with Gasteiger partial charge in [-0.25, -0.2) is 4.57 Å². The van der Waals surface area contributed by atoms with E-state index >= 15 is 0 Å². The Labute approximate surface area is 102 Å². The van der Waals surface area contributed by atoms with Crippen molar-refractivity contribution >= 4 is 7.60 Å². The minimum absolute atomic E-state index is 0.0195. The molecular formula is C12H19O4P. The van der Waals surface area contributed by atoms with E-state index in [1.165, 1.54) is 0 Å². The van der Waals surface area contributed by atoms with Gasteiger partial charge in [0.05, 0.1) is 12.8 Å². The summed E-state index contributed by atoms with van der Waals surface area (Å²) in [4.78, 5) is 9.58. The van der Waals surface area contributed by atoms with E-state index in [2.05, 4.69) is 6.92 Å². The topological polar surface area (TPSA) is 55.8 Å². The van der Waals surface area contributed by atoms with E-state index < -0.39 is 7.60 Å². The smallest absolute Gasteiger partial charge is 0.378 e. The molecule has 1 atom stereocenters. The molecule has 0 amide bonds. The van der Waals surface area contributed by atoms with Gasteiger partial charge in [0.15, 0.2) is 0 Å². The van der Waals surface area contributed by atoms with E-state index in [1.54, 1.807) is 24.3 Å². The first-order valence-corrected chi connectivity index (χ1v) is 7.54. The van der Waals surface area contributed by atoms with Gasteiger partial charge >= 0.3 is 7.60 Å². The van der Waals surface area contributed by atoms with Gasteiger partial charge < -0.3 is 14.2 Å². The molecule has 0 aromatic heterocycles. The molecule has 1 aromatic carbocycles. The Hall–Kier alpha value is -0.830. The summed E-state index contributed by atoms with van der Waals surface area (Å²) in [7, 11) is -3.59. The summed E-state index contributed by atoms with van der Waals surface area (Å²) in [6.07, 6.45) is 2.04. The van der Waals surface area contributed by atoms with Crippen molar-refractivity contribution in [3.05, 3.63) is 30.3 Å². The van der Waals surface area contributed by atoms with Gasteiger partial charge in [0.25, 0.3) is 0 Å². The molecule has 17 heavy (non-hydrogen) atoms. The minimum atomic E-state index is -3.59. The first-order chi connectivity index (χ1) is 8.14. The molecule has 96 valence electrons. The summed E-state index contributed by atoms with van der Waals surface area (Å²) in [5.74, 6) is 0.409. The summed E-state index contributed by atoms with van der Waals surface area (Å²) >= 11 is 0. The highest BCUT2D eigenvalue weighted by Gasteiger charge is 2.20. The SMILES string of the molecule is CCCCOCCP(=O)(O)Oc1ccccc1. The number of rotatable bonds is 8. The first kappa shape index (κ1) is 14.2. The van der Waals surface area contributed by atoms with Crippen molar-refractivity contribution in [3.8, 4) is 5.75 Å². The molecule has 0 heterocycles. The van der Waals surface area contributed by atoms with Crippen LogP contribution in [0.2, 0.25) is 0 Å². The number of ether oxygens (including phenoxy) is 1. The summed E-state index contributed by atoms with van der Waals surface area (Å²) in [6.45, 7) is 2.95. The van der Waals surface area contributed by atoms with Gasteiger partial charge in [0.2, 0.25) is 0 Å². The molecule has 5 heteroatoms. The molecule has 0 radical (unpaired) electrons. The third-order valence-corrected chi connectivity index (χ3v) is 3.40. The Morgan fingerprint density at radius 2 is 1.94 bits per heavy atom. The van der Waals surface area contributed by atoms with Crippen LogP contribution in [0.25, 0.3) is 0 Å². The van der Waals surface area contributed by atoms with Gasteiger partial charge in [-0.1, -0.05) is 31.5 Å². The summed E-state index contributed by atoms with van der Waals surface area (Å²) < 4.78 is 21.9. The Bertz CT molecular complexity index is 353. The molecule has 0 bridgehead atoms. The van der Waals surface area contributed by atoms with Crippen LogP contribution in [0.3, 0.4) is 0 Å². The van der Waals surface area contributed by atoms with Crippen LogP contribution in [-0.2, 0) is 9.30 Å². The summed E-state index contributed by atoms with van der Waals surface area (Å²) in [5, 5.41) is 0.